The second-order valence-electron chi connectivity index (χ2n) is 6.96. The molecule has 0 aliphatic carbocycles. The quantitative estimate of drug-likeness (QED) is 0.822. The van der Waals surface area contributed by atoms with Crippen molar-refractivity contribution in [2.24, 2.45) is 0 Å². The van der Waals surface area contributed by atoms with E-state index in [4.69, 9.17) is 4.74 Å². The molecule has 7 heteroatoms. The lowest BCUT2D eigenvalue weighted by Gasteiger charge is -2.35. The van der Waals surface area contributed by atoms with E-state index in [9.17, 15) is 13.2 Å². The van der Waals surface area contributed by atoms with Crippen molar-refractivity contribution in [2.45, 2.75) is 50.2 Å². The zero-order valence-electron chi connectivity index (χ0n) is 14.8. The summed E-state index contributed by atoms with van der Waals surface area (Å²) in [7, 11) is -3.53. The number of rotatable bonds is 3. The summed E-state index contributed by atoms with van der Waals surface area (Å²) in [6, 6.07) is 6.42. The lowest BCUT2D eigenvalue weighted by atomic mass is 10.1. The van der Waals surface area contributed by atoms with E-state index in [0.717, 1.165) is 19.3 Å². The van der Waals surface area contributed by atoms with E-state index in [0.29, 0.717) is 31.7 Å². The summed E-state index contributed by atoms with van der Waals surface area (Å²) in [5, 5.41) is 0. The summed E-state index contributed by atoms with van der Waals surface area (Å²) < 4.78 is 32.8. The Morgan fingerprint density at radius 3 is 2.36 bits per heavy atom. The van der Waals surface area contributed by atoms with E-state index in [1.807, 2.05) is 13.8 Å². The van der Waals surface area contributed by atoms with Gasteiger partial charge in [0.2, 0.25) is 10.0 Å². The molecule has 2 atom stereocenters. The summed E-state index contributed by atoms with van der Waals surface area (Å²) in [6.45, 7) is 6.02. The van der Waals surface area contributed by atoms with Gasteiger partial charge in [-0.25, -0.2) is 8.42 Å². The molecular weight excluding hydrogens is 340 g/mol. The number of sulfonamides is 1. The minimum absolute atomic E-state index is 0.0204. The van der Waals surface area contributed by atoms with Crippen molar-refractivity contribution in [1.82, 2.24) is 9.21 Å². The number of carbonyl (C=O) groups excluding carboxylic acids is 1. The van der Waals surface area contributed by atoms with Crippen LogP contribution >= 0.6 is 0 Å². The van der Waals surface area contributed by atoms with Crippen molar-refractivity contribution in [2.75, 3.05) is 26.2 Å². The van der Waals surface area contributed by atoms with Gasteiger partial charge in [-0.3, -0.25) is 4.79 Å². The largest absolute Gasteiger partial charge is 0.372 e. The second kappa shape index (κ2) is 7.43. The van der Waals surface area contributed by atoms with Crippen molar-refractivity contribution in [3.05, 3.63) is 29.8 Å². The Labute approximate surface area is 149 Å². The minimum Gasteiger partial charge on any atom is -0.372 e. The van der Waals surface area contributed by atoms with Crippen LogP contribution in [0.4, 0.5) is 0 Å². The summed E-state index contributed by atoms with van der Waals surface area (Å²) >= 11 is 0. The van der Waals surface area contributed by atoms with E-state index in [-0.39, 0.29) is 23.0 Å². The number of amides is 1. The maximum atomic E-state index is 12.8. The van der Waals surface area contributed by atoms with Crippen molar-refractivity contribution in [3.63, 3.8) is 0 Å². The Hall–Kier alpha value is -1.44. The van der Waals surface area contributed by atoms with Gasteiger partial charge < -0.3 is 9.64 Å². The van der Waals surface area contributed by atoms with Gasteiger partial charge in [-0.1, -0.05) is 12.5 Å². The number of hydrogen-bond donors (Lipinski definition) is 0. The van der Waals surface area contributed by atoms with E-state index in [2.05, 4.69) is 0 Å². The summed E-state index contributed by atoms with van der Waals surface area (Å²) in [5.41, 5.74) is 0.416. The molecule has 0 aromatic heterocycles. The molecule has 25 heavy (non-hydrogen) atoms. The van der Waals surface area contributed by atoms with Crippen molar-refractivity contribution in [1.29, 1.82) is 0 Å². The van der Waals surface area contributed by atoms with Crippen molar-refractivity contribution >= 4 is 15.9 Å². The molecule has 138 valence electrons. The number of nitrogens with zero attached hydrogens (tertiary/aromatic N) is 2. The highest BCUT2D eigenvalue weighted by Gasteiger charge is 2.29. The standard InChI is InChI=1S/C18H26N2O4S/c1-14-12-19(13-15(2)24-14)18(21)16-7-6-8-17(11-16)25(22,23)20-9-4-3-5-10-20/h6-8,11,14-15H,3-5,9-10,12-13H2,1-2H3/t14-,15-/m0/s1. The zero-order valence-corrected chi connectivity index (χ0v) is 15.7. The van der Waals surface area contributed by atoms with Crippen LogP contribution in [0.2, 0.25) is 0 Å². The van der Waals surface area contributed by atoms with Crippen LogP contribution in [-0.4, -0.2) is 61.9 Å². The molecule has 0 saturated carbocycles. The SMILES string of the molecule is C[C@H]1CN(C(=O)c2cccc(S(=O)(=O)N3CCCCC3)c2)C[C@H](C)O1. The second-order valence-corrected chi connectivity index (χ2v) is 8.90. The molecule has 1 amide bonds. The maximum absolute atomic E-state index is 12.8. The molecular formula is C18H26N2O4S. The Kier molecular flexibility index (Phi) is 5.46. The molecule has 2 aliphatic rings. The van der Waals surface area contributed by atoms with Gasteiger partial charge in [0.05, 0.1) is 17.1 Å². The summed E-state index contributed by atoms with van der Waals surface area (Å²) in [6.07, 6.45) is 2.81. The Morgan fingerprint density at radius 1 is 1.08 bits per heavy atom. The van der Waals surface area contributed by atoms with Crippen LogP contribution in [-0.2, 0) is 14.8 Å². The van der Waals surface area contributed by atoms with Crippen molar-refractivity contribution < 1.29 is 17.9 Å². The van der Waals surface area contributed by atoms with Crippen LogP contribution in [0.1, 0.15) is 43.5 Å². The average Bonchev–Trinajstić information content (AvgIpc) is 2.61. The van der Waals surface area contributed by atoms with E-state index >= 15 is 0 Å². The van der Waals surface area contributed by atoms with E-state index < -0.39 is 10.0 Å². The molecule has 1 aromatic carbocycles. The predicted octanol–water partition coefficient (Wildman–Crippen LogP) is 2.11. The van der Waals surface area contributed by atoms with Crippen LogP contribution in [0, 0.1) is 0 Å². The van der Waals surface area contributed by atoms with Gasteiger partial charge in [-0.05, 0) is 44.9 Å². The fraction of sp³-hybridized carbons (Fsp3) is 0.611. The normalized spacial score (nSPS) is 25.8. The zero-order chi connectivity index (χ0) is 18.0. The maximum Gasteiger partial charge on any atom is 0.254 e. The van der Waals surface area contributed by atoms with Gasteiger partial charge >= 0.3 is 0 Å². The van der Waals surface area contributed by atoms with Crippen LogP contribution in [0.25, 0.3) is 0 Å². The first kappa shape index (κ1) is 18.4. The number of carbonyl (C=O) groups is 1. The number of piperidine rings is 1. The molecule has 0 radical (unpaired) electrons. The molecule has 2 heterocycles. The third-order valence-corrected chi connectivity index (χ3v) is 6.64. The van der Waals surface area contributed by atoms with Crippen LogP contribution in [0.3, 0.4) is 0 Å². The molecule has 2 fully saturated rings. The van der Waals surface area contributed by atoms with Gasteiger partial charge in [0.25, 0.3) is 5.91 Å². The Morgan fingerprint density at radius 2 is 1.72 bits per heavy atom. The van der Waals surface area contributed by atoms with Crippen LogP contribution in [0.15, 0.2) is 29.2 Å². The van der Waals surface area contributed by atoms with Gasteiger partial charge in [-0.15, -0.1) is 0 Å². The predicted molar refractivity (Wildman–Crippen MR) is 95.0 cm³/mol. The number of benzene rings is 1. The Bertz CT molecular complexity index is 718. The van der Waals surface area contributed by atoms with Crippen LogP contribution < -0.4 is 0 Å². The Balaban J connectivity index is 1.82. The van der Waals surface area contributed by atoms with Gasteiger partial charge in [0, 0.05) is 31.7 Å². The van der Waals surface area contributed by atoms with Gasteiger partial charge in [0.1, 0.15) is 0 Å². The third kappa shape index (κ3) is 4.04. The fourth-order valence-corrected chi connectivity index (χ4v) is 5.13. The first-order valence-corrected chi connectivity index (χ1v) is 10.4. The molecule has 0 spiro atoms. The number of hydrogen-bond acceptors (Lipinski definition) is 4. The monoisotopic (exact) mass is 366 g/mol. The average molecular weight is 366 g/mol. The number of morpholine rings is 1. The summed E-state index contributed by atoms with van der Waals surface area (Å²) in [4.78, 5) is 14.8. The number of ether oxygens (including phenoxy) is 1. The fourth-order valence-electron chi connectivity index (χ4n) is 3.57. The lowest BCUT2D eigenvalue weighted by Crippen LogP contribution is -2.48. The third-order valence-electron chi connectivity index (χ3n) is 4.74. The molecule has 1 aromatic rings. The molecule has 3 rings (SSSR count). The highest BCUT2D eigenvalue weighted by molar-refractivity contribution is 7.89. The molecule has 0 bridgehead atoms. The smallest absolute Gasteiger partial charge is 0.254 e. The lowest BCUT2D eigenvalue weighted by molar-refractivity contribution is -0.0586. The first-order chi connectivity index (χ1) is 11.9. The van der Waals surface area contributed by atoms with E-state index in [1.165, 1.54) is 10.4 Å². The highest BCUT2D eigenvalue weighted by atomic mass is 32.2. The first-order valence-electron chi connectivity index (χ1n) is 8.93. The van der Waals surface area contributed by atoms with Crippen molar-refractivity contribution in [3.8, 4) is 0 Å². The molecule has 2 aliphatic heterocycles. The van der Waals surface area contributed by atoms with Gasteiger partial charge in [-0.2, -0.15) is 4.31 Å². The van der Waals surface area contributed by atoms with Gasteiger partial charge in [0.15, 0.2) is 0 Å². The molecule has 2 saturated heterocycles. The highest BCUT2D eigenvalue weighted by Crippen LogP contribution is 2.22. The van der Waals surface area contributed by atoms with E-state index in [1.54, 1.807) is 23.1 Å². The topological polar surface area (TPSA) is 66.9 Å². The minimum atomic E-state index is -3.53. The molecule has 0 N–H and O–H groups in total. The summed E-state index contributed by atoms with van der Waals surface area (Å²) in [5.74, 6) is -0.141. The molecule has 0 unspecified atom stereocenters. The molecule has 6 nitrogen and oxygen atoms in total. The van der Waals surface area contributed by atoms with Crippen LogP contribution in [0.5, 0.6) is 0 Å².